The minimum Gasteiger partial charge on any atom is -0.504 e. The molecule has 1 atom stereocenters. The van der Waals surface area contributed by atoms with Gasteiger partial charge in [-0.2, -0.15) is 0 Å². The lowest BCUT2D eigenvalue weighted by Crippen LogP contribution is -2.06. The monoisotopic (exact) mass is 199 g/mol. The largest absolute Gasteiger partial charge is 0.504 e. The Kier molecular flexibility index (Phi) is 3.30. The highest BCUT2D eigenvalue weighted by atomic mass is 19.1. The van der Waals surface area contributed by atoms with E-state index in [1.54, 1.807) is 0 Å². The Bertz CT molecular complexity index is 328. The first kappa shape index (κ1) is 10.8. The summed E-state index contributed by atoms with van der Waals surface area (Å²) in [6.07, 6.45) is 0.640. The van der Waals surface area contributed by atoms with Gasteiger partial charge in [-0.05, 0) is 30.5 Å². The zero-order valence-corrected chi connectivity index (χ0v) is 8.00. The lowest BCUT2D eigenvalue weighted by Gasteiger charge is -2.12. The zero-order valence-electron chi connectivity index (χ0n) is 8.00. The Balaban J connectivity index is 3.04. The van der Waals surface area contributed by atoms with Crippen molar-refractivity contribution in [2.75, 3.05) is 6.54 Å². The van der Waals surface area contributed by atoms with Gasteiger partial charge in [0.15, 0.2) is 17.3 Å². The second-order valence-corrected chi connectivity index (χ2v) is 3.31. The Hall–Kier alpha value is -1.29. The van der Waals surface area contributed by atoms with Crippen molar-refractivity contribution in [3.05, 3.63) is 23.5 Å². The summed E-state index contributed by atoms with van der Waals surface area (Å²) < 4.78 is 13.4. The SMILES string of the molecule is CC(CCN)c1ccc(O)c(O)c1F. The summed E-state index contributed by atoms with van der Waals surface area (Å²) in [5, 5.41) is 18.2. The molecule has 0 fully saturated rings. The third-order valence-electron chi connectivity index (χ3n) is 2.26. The number of phenols is 2. The first-order valence-electron chi connectivity index (χ1n) is 4.48. The number of hydrogen-bond donors (Lipinski definition) is 3. The Morgan fingerprint density at radius 2 is 2.07 bits per heavy atom. The molecular formula is C10H14FNO2. The Morgan fingerprint density at radius 1 is 1.43 bits per heavy atom. The third-order valence-corrected chi connectivity index (χ3v) is 2.26. The molecule has 78 valence electrons. The number of benzene rings is 1. The second kappa shape index (κ2) is 4.28. The van der Waals surface area contributed by atoms with Crippen molar-refractivity contribution in [2.24, 2.45) is 5.73 Å². The fourth-order valence-electron chi connectivity index (χ4n) is 1.36. The van der Waals surface area contributed by atoms with E-state index in [1.807, 2.05) is 6.92 Å². The number of nitrogens with two attached hydrogens (primary N) is 1. The normalized spacial score (nSPS) is 12.8. The van der Waals surface area contributed by atoms with Gasteiger partial charge in [-0.25, -0.2) is 4.39 Å². The second-order valence-electron chi connectivity index (χ2n) is 3.31. The number of aromatic hydroxyl groups is 2. The van der Waals surface area contributed by atoms with Gasteiger partial charge in [-0.3, -0.25) is 0 Å². The van der Waals surface area contributed by atoms with Gasteiger partial charge < -0.3 is 15.9 Å². The zero-order chi connectivity index (χ0) is 10.7. The molecule has 4 N–H and O–H groups in total. The molecule has 0 aliphatic heterocycles. The van der Waals surface area contributed by atoms with Gasteiger partial charge in [-0.15, -0.1) is 0 Å². The van der Waals surface area contributed by atoms with Crippen molar-refractivity contribution in [1.29, 1.82) is 0 Å². The van der Waals surface area contributed by atoms with E-state index >= 15 is 0 Å². The highest BCUT2D eigenvalue weighted by Gasteiger charge is 2.16. The molecule has 0 saturated heterocycles. The molecule has 4 heteroatoms. The molecule has 0 radical (unpaired) electrons. The highest BCUT2D eigenvalue weighted by molar-refractivity contribution is 5.43. The maximum atomic E-state index is 13.4. The topological polar surface area (TPSA) is 66.5 Å². The van der Waals surface area contributed by atoms with Crippen LogP contribution in [0.2, 0.25) is 0 Å². The Morgan fingerprint density at radius 3 is 2.64 bits per heavy atom. The minimum absolute atomic E-state index is 0.0634. The first-order valence-corrected chi connectivity index (χ1v) is 4.48. The fourth-order valence-corrected chi connectivity index (χ4v) is 1.36. The summed E-state index contributed by atoms with van der Waals surface area (Å²) in [6, 6.07) is 2.74. The van der Waals surface area contributed by atoms with Crippen LogP contribution in [0.5, 0.6) is 11.5 Å². The fraction of sp³-hybridized carbons (Fsp3) is 0.400. The predicted octanol–water partition coefficient (Wildman–Crippen LogP) is 1.69. The van der Waals surface area contributed by atoms with Crippen molar-refractivity contribution in [3.8, 4) is 11.5 Å². The highest BCUT2D eigenvalue weighted by Crippen LogP contribution is 2.33. The van der Waals surface area contributed by atoms with Crippen LogP contribution in [0, 0.1) is 5.82 Å². The molecule has 1 aromatic carbocycles. The number of hydrogen-bond acceptors (Lipinski definition) is 3. The minimum atomic E-state index is -0.758. The molecule has 0 heterocycles. The van der Waals surface area contributed by atoms with Crippen LogP contribution < -0.4 is 5.73 Å². The molecule has 0 aliphatic carbocycles. The van der Waals surface area contributed by atoms with Crippen molar-refractivity contribution in [2.45, 2.75) is 19.3 Å². The standard InChI is InChI=1S/C10H14FNO2/c1-6(4-5-12)7-2-3-8(13)10(14)9(7)11/h2-3,6,13-14H,4-5,12H2,1H3. The molecule has 1 unspecified atom stereocenters. The van der Waals surface area contributed by atoms with Crippen LogP contribution in [-0.4, -0.2) is 16.8 Å². The van der Waals surface area contributed by atoms with Crippen LogP contribution in [0.1, 0.15) is 24.8 Å². The molecule has 1 rings (SSSR count). The molecular weight excluding hydrogens is 185 g/mol. The molecule has 0 spiro atoms. The molecule has 14 heavy (non-hydrogen) atoms. The quantitative estimate of drug-likeness (QED) is 0.649. The van der Waals surface area contributed by atoms with Gasteiger partial charge in [-0.1, -0.05) is 13.0 Å². The summed E-state index contributed by atoms with van der Waals surface area (Å²) in [5.74, 6) is -1.95. The van der Waals surface area contributed by atoms with E-state index in [2.05, 4.69) is 0 Å². The molecule has 0 saturated carbocycles. The average molecular weight is 199 g/mol. The van der Waals surface area contributed by atoms with Gasteiger partial charge >= 0.3 is 0 Å². The van der Waals surface area contributed by atoms with E-state index in [-0.39, 0.29) is 5.92 Å². The van der Waals surface area contributed by atoms with E-state index in [9.17, 15) is 4.39 Å². The van der Waals surface area contributed by atoms with E-state index in [0.29, 0.717) is 18.5 Å². The van der Waals surface area contributed by atoms with Crippen LogP contribution in [0.15, 0.2) is 12.1 Å². The van der Waals surface area contributed by atoms with E-state index in [4.69, 9.17) is 15.9 Å². The number of halogens is 1. The molecule has 0 amide bonds. The van der Waals surface area contributed by atoms with Crippen LogP contribution in [0.4, 0.5) is 4.39 Å². The first-order chi connectivity index (χ1) is 6.57. The lowest BCUT2D eigenvalue weighted by molar-refractivity contribution is 0.374. The maximum absolute atomic E-state index is 13.4. The van der Waals surface area contributed by atoms with Gasteiger partial charge in [0.2, 0.25) is 0 Å². The molecule has 1 aromatic rings. The number of rotatable bonds is 3. The van der Waals surface area contributed by atoms with Crippen LogP contribution in [0.25, 0.3) is 0 Å². The summed E-state index contributed by atoms with van der Waals surface area (Å²) in [4.78, 5) is 0. The van der Waals surface area contributed by atoms with Crippen LogP contribution >= 0.6 is 0 Å². The molecule has 0 bridgehead atoms. The van der Waals surface area contributed by atoms with Gasteiger partial charge in [0.1, 0.15) is 0 Å². The van der Waals surface area contributed by atoms with E-state index in [1.165, 1.54) is 12.1 Å². The van der Waals surface area contributed by atoms with Gasteiger partial charge in [0, 0.05) is 0 Å². The average Bonchev–Trinajstić information content (AvgIpc) is 2.15. The third kappa shape index (κ3) is 1.96. The van der Waals surface area contributed by atoms with Crippen LogP contribution in [-0.2, 0) is 0 Å². The molecule has 0 aliphatic rings. The summed E-state index contributed by atoms with van der Waals surface area (Å²) in [7, 11) is 0. The predicted molar refractivity (Wildman–Crippen MR) is 51.8 cm³/mol. The smallest absolute Gasteiger partial charge is 0.194 e. The van der Waals surface area contributed by atoms with E-state index in [0.717, 1.165) is 0 Å². The van der Waals surface area contributed by atoms with Crippen LogP contribution in [0.3, 0.4) is 0 Å². The van der Waals surface area contributed by atoms with Crippen molar-refractivity contribution >= 4 is 0 Å². The maximum Gasteiger partial charge on any atom is 0.194 e. The van der Waals surface area contributed by atoms with Gasteiger partial charge in [0.25, 0.3) is 0 Å². The summed E-state index contributed by atoms with van der Waals surface area (Å²) in [6.45, 7) is 2.28. The van der Waals surface area contributed by atoms with E-state index < -0.39 is 17.3 Å². The van der Waals surface area contributed by atoms with Gasteiger partial charge in [0.05, 0.1) is 0 Å². The van der Waals surface area contributed by atoms with Crippen molar-refractivity contribution in [3.63, 3.8) is 0 Å². The molecule has 0 aromatic heterocycles. The lowest BCUT2D eigenvalue weighted by atomic mass is 9.97. The summed E-state index contributed by atoms with van der Waals surface area (Å²) >= 11 is 0. The molecule has 3 nitrogen and oxygen atoms in total. The van der Waals surface area contributed by atoms with Crippen molar-refractivity contribution < 1.29 is 14.6 Å². The number of phenolic OH excluding ortho intramolecular Hbond substituents is 2. The van der Waals surface area contributed by atoms with Crippen molar-refractivity contribution in [1.82, 2.24) is 0 Å². The Labute approximate surface area is 82.0 Å². The summed E-state index contributed by atoms with van der Waals surface area (Å²) in [5.41, 5.74) is 5.73.